The van der Waals surface area contributed by atoms with E-state index in [1.54, 1.807) is 23.9 Å². The van der Waals surface area contributed by atoms with Crippen molar-refractivity contribution in [1.82, 2.24) is 10.3 Å². The number of thiazole rings is 1. The molecule has 25 heavy (non-hydrogen) atoms. The normalized spacial score (nSPS) is 10.8. The van der Waals surface area contributed by atoms with E-state index in [0.29, 0.717) is 17.4 Å². The summed E-state index contributed by atoms with van der Waals surface area (Å²) in [6, 6.07) is 9.34. The molecule has 0 radical (unpaired) electrons. The zero-order valence-corrected chi connectivity index (χ0v) is 14.9. The fourth-order valence-corrected chi connectivity index (χ4v) is 3.19. The number of hydrogen-bond acceptors (Lipinski definition) is 7. The fraction of sp³-hybridized carbons (Fsp3) is 0.200. The quantitative estimate of drug-likeness (QED) is 0.221. The van der Waals surface area contributed by atoms with E-state index in [0.717, 1.165) is 17.2 Å². The Hall–Kier alpha value is -2.77. The number of nitriles is 1. The Kier molecular flexibility index (Phi) is 7.55. The SMILES string of the molecule is N#CNC(=NCCSCc1csc(N=C(N)N)n1)Oc1ccccc1. The third-order valence-corrected chi connectivity index (χ3v) is 4.38. The third-order valence-electron chi connectivity index (χ3n) is 2.63. The third kappa shape index (κ3) is 7.11. The maximum atomic E-state index is 8.77. The van der Waals surface area contributed by atoms with Gasteiger partial charge in [0.1, 0.15) is 5.75 Å². The van der Waals surface area contributed by atoms with Crippen LogP contribution in [-0.2, 0) is 5.75 Å². The lowest BCUT2D eigenvalue weighted by Crippen LogP contribution is -2.25. The number of guanidine groups is 1. The molecule has 0 aliphatic heterocycles. The van der Waals surface area contributed by atoms with E-state index in [-0.39, 0.29) is 12.0 Å². The van der Waals surface area contributed by atoms with Crippen LogP contribution >= 0.6 is 23.1 Å². The van der Waals surface area contributed by atoms with Crippen molar-refractivity contribution in [3.05, 3.63) is 41.4 Å². The zero-order valence-electron chi connectivity index (χ0n) is 13.3. The molecular weight excluding hydrogens is 358 g/mol. The van der Waals surface area contributed by atoms with Gasteiger partial charge < -0.3 is 16.2 Å². The van der Waals surface area contributed by atoms with Crippen LogP contribution in [0.2, 0.25) is 0 Å². The van der Waals surface area contributed by atoms with E-state index >= 15 is 0 Å². The Morgan fingerprint density at radius 2 is 2.16 bits per heavy atom. The van der Waals surface area contributed by atoms with E-state index in [9.17, 15) is 0 Å². The van der Waals surface area contributed by atoms with Crippen LogP contribution in [0.4, 0.5) is 5.13 Å². The average molecular weight is 375 g/mol. The van der Waals surface area contributed by atoms with Crippen LogP contribution in [0.15, 0.2) is 45.7 Å². The molecule has 0 unspecified atom stereocenters. The molecule has 1 heterocycles. The van der Waals surface area contributed by atoms with Crippen LogP contribution in [0.3, 0.4) is 0 Å². The number of hydrogen-bond donors (Lipinski definition) is 3. The van der Waals surface area contributed by atoms with Crippen molar-refractivity contribution >= 4 is 40.2 Å². The Labute approximate surface area is 153 Å². The molecule has 0 atom stereocenters. The molecule has 0 amide bonds. The van der Waals surface area contributed by atoms with Gasteiger partial charge in [0.05, 0.1) is 12.2 Å². The van der Waals surface area contributed by atoms with Crippen LogP contribution in [0, 0.1) is 11.5 Å². The molecular formula is C15H17N7OS2. The van der Waals surface area contributed by atoms with Crippen LogP contribution in [0.25, 0.3) is 0 Å². The van der Waals surface area contributed by atoms with Crippen LogP contribution in [-0.4, -0.2) is 29.3 Å². The van der Waals surface area contributed by atoms with Crippen molar-refractivity contribution in [3.8, 4) is 11.9 Å². The zero-order chi connectivity index (χ0) is 17.9. The van der Waals surface area contributed by atoms with E-state index in [4.69, 9.17) is 21.5 Å². The molecule has 10 heteroatoms. The number of nitrogens with one attached hydrogen (secondary N) is 1. The lowest BCUT2D eigenvalue weighted by atomic mass is 10.3. The summed E-state index contributed by atoms with van der Waals surface area (Å²) in [5.74, 6) is 2.10. The molecule has 0 saturated heterocycles. The lowest BCUT2D eigenvalue weighted by Gasteiger charge is -2.06. The Morgan fingerprint density at radius 1 is 1.36 bits per heavy atom. The fourth-order valence-electron chi connectivity index (χ4n) is 1.66. The summed E-state index contributed by atoms with van der Waals surface area (Å²) in [5, 5.41) is 13.7. The van der Waals surface area contributed by atoms with Gasteiger partial charge in [-0.3, -0.25) is 0 Å². The standard InChI is InChI=1S/C15H17N7OS2/c16-10-20-14(23-12-4-2-1-3-5-12)19-6-7-24-8-11-9-25-15(21-11)22-13(17)18/h1-5,9H,6-8H2,(H,19,20)(H4,17,18,21,22). The molecule has 1 aromatic carbocycles. The summed E-state index contributed by atoms with van der Waals surface area (Å²) in [7, 11) is 0. The van der Waals surface area contributed by atoms with E-state index in [1.807, 2.05) is 29.8 Å². The molecule has 0 bridgehead atoms. The van der Waals surface area contributed by atoms with E-state index < -0.39 is 0 Å². The Balaban J connectivity index is 1.77. The van der Waals surface area contributed by atoms with Crippen molar-refractivity contribution < 1.29 is 4.74 Å². The van der Waals surface area contributed by atoms with Gasteiger partial charge in [0.15, 0.2) is 12.2 Å². The maximum absolute atomic E-state index is 8.77. The van der Waals surface area contributed by atoms with Gasteiger partial charge in [-0.1, -0.05) is 18.2 Å². The van der Waals surface area contributed by atoms with Crippen molar-refractivity contribution in [2.75, 3.05) is 12.3 Å². The number of nitrogens with zero attached hydrogens (tertiary/aromatic N) is 4. The highest BCUT2D eigenvalue weighted by Crippen LogP contribution is 2.21. The van der Waals surface area contributed by atoms with Crippen LogP contribution < -0.4 is 21.5 Å². The van der Waals surface area contributed by atoms with Gasteiger partial charge in [0.2, 0.25) is 5.13 Å². The number of ether oxygens (including phenoxy) is 1. The molecule has 8 nitrogen and oxygen atoms in total. The van der Waals surface area contributed by atoms with Crippen LogP contribution in [0.5, 0.6) is 5.75 Å². The first kappa shape index (κ1) is 18.6. The number of amidine groups is 1. The Bertz CT molecular complexity index is 764. The highest BCUT2D eigenvalue weighted by molar-refractivity contribution is 7.98. The highest BCUT2D eigenvalue weighted by atomic mass is 32.2. The van der Waals surface area contributed by atoms with Crippen molar-refractivity contribution in [3.63, 3.8) is 0 Å². The predicted molar refractivity (Wildman–Crippen MR) is 102 cm³/mol. The predicted octanol–water partition coefficient (Wildman–Crippen LogP) is 1.79. The van der Waals surface area contributed by atoms with Gasteiger partial charge in [-0.2, -0.15) is 22.0 Å². The van der Waals surface area contributed by atoms with Crippen molar-refractivity contribution in [1.29, 1.82) is 5.26 Å². The largest absolute Gasteiger partial charge is 0.425 e. The number of aliphatic imine (C=N–C) groups is 2. The molecule has 0 spiro atoms. The molecule has 0 aliphatic rings. The van der Waals surface area contributed by atoms with Gasteiger partial charge in [-0.05, 0) is 12.1 Å². The number of rotatable bonds is 7. The molecule has 1 aromatic heterocycles. The number of thioether (sulfide) groups is 1. The molecule has 130 valence electrons. The maximum Gasteiger partial charge on any atom is 0.303 e. The first-order valence-corrected chi connectivity index (χ1v) is 9.25. The minimum Gasteiger partial charge on any atom is -0.425 e. The smallest absolute Gasteiger partial charge is 0.303 e. The number of aromatic nitrogens is 1. The van der Waals surface area contributed by atoms with Gasteiger partial charge in [-0.15, -0.1) is 11.3 Å². The summed E-state index contributed by atoms with van der Waals surface area (Å²) >= 11 is 3.05. The number of nitrogens with two attached hydrogens (primary N) is 2. The minimum absolute atomic E-state index is 0.00108. The highest BCUT2D eigenvalue weighted by Gasteiger charge is 2.03. The average Bonchev–Trinajstić information content (AvgIpc) is 3.02. The van der Waals surface area contributed by atoms with Crippen molar-refractivity contribution in [2.45, 2.75) is 5.75 Å². The van der Waals surface area contributed by atoms with Gasteiger partial charge in [0.25, 0.3) is 0 Å². The molecule has 0 aliphatic carbocycles. The first-order valence-electron chi connectivity index (χ1n) is 7.21. The monoisotopic (exact) mass is 375 g/mol. The summed E-state index contributed by atoms with van der Waals surface area (Å²) in [5.41, 5.74) is 11.5. The second-order valence-corrected chi connectivity index (χ2v) is 6.49. The second-order valence-electron chi connectivity index (χ2n) is 4.55. The number of para-hydroxylation sites is 1. The molecule has 5 N–H and O–H groups in total. The van der Waals surface area contributed by atoms with Gasteiger partial charge in [-0.25, -0.2) is 15.3 Å². The van der Waals surface area contributed by atoms with E-state index in [2.05, 4.69) is 20.3 Å². The van der Waals surface area contributed by atoms with Crippen molar-refractivity contribution in [2.24, 2.45) is 21.5 Å². The minimum atomic E-state index is -0.00108. The second kappa shape index (κ2) is 10.2. The van der Waals surface area contributed by atoms with Gasteiger partial charge in [0, 0.05) is 16.9 Å². The van der Waals surface area contributed by atoms with E-state index in [1.165, 1.54) is 11.3 Å². The number of benzene rings is 1. The molecule has 2 aromatic rings. The molecule has 0 saturated carbocycles. The summed E-state index contributed by atoms with van der Waals surface area (Å²) in [6.07, 6.45) is 1.82. The summed E-state index contributed by atoms with van der Waals surface area (Å²) in [4.78, 5) is 12.5. The molecule has 2 rings (SSSR count). The summed E-state index contributed by atoms with van der Waals surface area (Å²) in [6.45, 7) is 0.506. The van der Waals surface area contributed by atoms with Gasteiger partial charge >= 0.3 is 6.02 Å². The first-order chi connectivity index (χ1) is 12.2. The Morgan fingerprint density at radius 3 is 2.88 bits per heavy atom. The summed E-state index contributed by atoms with van der Waals surface area (Å²) < 4.78 is 5.52. The van der Waals surface area contributed by atoms with Crippen LogP contribution in [0.1, 0.15) is 5.69 Å². The lowest BCUT2D eigenvalue weighted by molar-refractivity contribution is 0.527. The topological polar surface area (TPSA) is 135 Å². The molecule has 0 fully saturated rings.